The molecule has 0 saturated carbocycles. The van der Waals surface area contributed by atoms with Gasteiger partial charge in [-0.1, -0.05) is 42.0 Å². The number of ether oxygens (including phenoxy) is 1. The average Bonchev–Trinajstić information content (AvgIpc) is 2.66. The first-order valence-corrected chi connectivity index (χ1v) is 9.95. The Kier molecular flexibility index (Phi) is 4.88. The van der Waals surface area contributed by atoms with Crippen molar-refractivity contribution in [1.82, 2.24) is 0 Å². The Morgan fingerprint density at radius 2 is 1.93 bits per heavy atom. The molecule has 28 heavy (non-hydrogen) atoms. The maximum atomic E-state index is 13.0. The van der Waals surface area contributed by atoms with Crippen molar-refractivity contribution in [3.63, 3.8) is 0 Å². The van der Waals surface area contributed by atoms with Gasteiger partial charge in [0, 0.05) is 29.9 Å². The summed E-state index contributed by atoms with van der Waals surface area (Å²) >= 11 is 0. The van der Waals surface area contributed by atoms with Gasteiger partial charge in [0.25, 0.3) is 0 Å². The third-order valence-corrected chi connectivity index (χ3v) is 6.08. The number of phenols is 2. The summed E-state index contributed by atoms with van der Waals surface area (Å²) in [5.41, 5.74) is 3.20. The second-order valence-electron chi connectivity index (χ2n) is 8.01. The molecule has 4 rings (SSSR count). The number of carbonyl (C=O) groups excluding carboxylic acids is 1. The first kappa shape index (κ1) is 18.6. The topological polar surface area (TPSA) is 66.8 Å². The van der Waals surface area contributed by atoms with Crippen LogP contribution in [-0.2, 0) is 6.42 Å². The van der Waals surface area contributed by atoms with Crippen molar-refractivity contribution >= 4 is 5.78 Å². The summed E-state index contributed by atoms with van der Waals surface area (Å²) in [6.45, 7) is 4.10. The van der Waals surface area contributed by atoms with Crippen LogP contribution in [-0.4, -0.2) is 22.1 Å². The highest BCUT2D eigenvalue weighted by Gasteiger charge is 2.41. The summed E-state index contributed by atoms with van der Waals surface area (Å²) in [6.07, 6.45) is 4.98. The molecule has 2 aromatic carbocycles. The Balaban J connectivity index is 1.72. The lowest BCUT2D eigenvalue weighted by atomic mass is 9.72. The van der Waals surface area contributed by atoms with E-state index >= 15 is 0 Å². The van der Waals surface area contributed by atoms with Gasteiger partial charge in [-0.25, -0.2) is 0 Å². The Bertz CT molecular complexity index is 929. The zero-order valence-electron chi connectivity index (χ0n) is 16.3. The molecule has 4 nitrogen and oxygen atoms in total. The van der Waals surface area contributed by atoms with Crippen LogP contribution in [0.3, 0.4) is 0 Å². The fraction of sp³-hybridized carbons (Fsp3) is 0.375. The number of ketones is 1. The summed E-state index contributed by atoms with van der Waals surface area (Å²) in [7, 11) is 0. The van der Waals surface area contributed by atoms with Gasteiger partial charge in [-0.15, -0.1) is 0 Å². The normalized spacial score (nSPS) is 23.2. The fourth-order valence-electron chi connectivity index (χ4n) is 4.57. The molecule has 1 aliphatic heterocycles. The number of hydrogen-bond donors (Lipinski definition) is 2. The van der Waals surface area contributed by atoms with Crippen molar-refractivity contribution < 1.29 is 19.7 Å². The molecule has 0 bridgehead atoms. The second-order valence-corrected chi connectivity index (χ2v) is 8.01. The summed E-state index contributed by atoms with van der Waals surface area (Å²) in [6, 6.07) is 11.1. The molecule has 2 aromatic rings. The highest BCUT2D eigenvalue weighted by molar-refractivity contribution is 6.02. The minimum absolute atomic E-state index is 0.0000376. The lowest BCUT2D eigenvalue weighted by Crippen LogP contribution is -2.35. The van der Waals surface area contributed by atoms with Gasteiger partial charge >= 0.3 is 0 Å². The number of aryl methyl sites for hydroxylation is 1. The lowest BCUT2D eigenvalue weighted by Gasteiger charge is -2.40. The number of rotatable bonds is 4. The van der Waals surface area contributed by atoms with Crippen LogP contribution < -0.4 is 4.74 Å². The number of aromatic hydroxyl groups is 2. The number of phenolic OH excluding ortho intramolecular Hbond substituents is 2. The minimum atomic E-state index is -0.212. The Morgan fingerprint density at radius 3 is 2.68 bits per heavy atom. The highest BCUT2D eigenvalue weighted by Crippen LogP contribution is 2.53. The molecule has 2 N–H and O–H groups in total. The molecular weight excluding hydrogens is 352 g/mol. The molecule has 3 unspecified atom stereocenters. The predicted octanol–water partition coefficient (Wildman–Crippen LogP) is 5.13. The van der Waals surface area contributed by atoms with Crippen LogP contribution in [0.25, 0.3) is 0 Å². The number of fused-ring (bicyclic) bond motifs is 3. The molecule has 1 heterocycles. The van der Waals surface area contributed by atoms with Crippen molar-refractivity contribution in [3.8, 4) is 17.2 Å². The number of allylic oxidation sites excluding steroid dienone is 2. The molecule has 0 radical (unpaired) electrons. The molecule has 3 atom stereocenters. The smallest absolute Gasteiger partial charge is 0.170 e. The molecular formula is C24H26O4. The second kappa shape index (κ2) is 7.34. The predicted molar refractivity (Wildman–Crippen MR) is 108 cm³/mol. The molecule has 0 aromatic heterocycles. The van der Waals surface area contributed by atoms with Crippen LogP contribution in [0.2, 0.25) is 0 Å². The van der Waals surface area contributed by atoms with Crippen molar-refractivity contribution in [2.45, 2.75) is 51.6 Å². The van der Waals surface area contributed by atoms with Gasteiger partial charge in [0.1, 0.15) is 22.8 Å². The van der Waals surface area contributed by atoms with Gasteiger partial charge in [0.15, 0.2) is 5.78 Å². The molecule has 146 valence electrons. The maximum Gasteiger partial charge on any atom is 0.170 e. The van der Waals surface area contributed by atoms with Crippen molar-refractivity contribution in [3.05, 3.63) is 64.7 Å². The number of benzene rings is 2. The standard InChI is InChI=1S/C24H26O4/c1-14-8-10-17-15(2)28-24-22(18(17)12-14)20(26)13-21(27)23(24)19(25)11-9-16-6-4-3-5-7-16/h3-7,12-13,15,17-18,26-27H,8-11H2,1-2H3. The van der Waals surface area contributed by atoms with E-state index in [1.807, 2.05) is 37.3 Å². The summed E-state index contributed by atoms with van der Waals surface area (Å²) in [5.74, 6) is 0.249. The van der Waals surface area contributed by atoms with E-state index in [4.69, 9.17) is 4.74 Å². The Morgan fingerprint density at radius 1 is 1.18 bits per heavy atom. The lowest BCUT2D eigenvalue weighted by molar-refractivity contribution is 0.0922. The number of hydrogen-bond acceptors (Lipinski definition) is 4. The third kappa shape index (κ3) is 3.28. The van der Waals surface area contributed by atoms with Gasteiger partial charge < -0.3 is 14.9 Å². The van der Waals surface area contributed by atoms with E-state index < -0.39 is 0 Å². The summed E-state index contributed by atoms with van der Waals surface area (Å²) < 4.78 is 6.13. The van der Waals surface area contributed by atoms with Crippen LogP contribution in [0, 0.1) is 5.92 Å². The van der Waals surface area contributed by atoms with E-state index in [9.17, 15) is 15.0 Å². The highest BCUT2D eigenvalue weighted by atomic mass is 16.5. The Hall–Kier alpha value is -2.75. The van der Waals surface area contributed by atoms with E-state index in [-0.39, 0.29) is 47.2 Å². The molecule has 1 aliphatic carbocycles. The van der Waals surface area contributed by atoms with Gasteiger partial charge in [-0.3, -0.25) is 4.79 Å². The zero-order chi connectivity index (χ0) is 19.8. The number of Topliss-reactive ketones (excluding diaryl/α,β-unsaturated/α-hetero) is 1. The van der Waals surface area contributed by atoms with Crippen molar-refractivity contribution in [1.29, 1.82) is 0 Å². The Labute approximate surface area is 165 Å². The largest absolute Gasteiger partial charge is 0.507 e. The molecule has 0 saturated heterocycles. The first-order valence-electron chi connectivity index (χ1n) is 9.95. The molecule has 0 amide bonds. The van der Waals surface area contributed by atoms with Gasteiger partial charge in [-0.05, 0) is 38.7 Å². The van der Waals surface area contributed by atoms with Gasteiger partial charge in [-0.2, -0.15) is 0 Å². The SMILES string of the molecule is CC1=CC2c3c(O)cc(O)c(C(=O)CCc4ccccc4)c3OC(C)C2CC1. The molecule has 4 heteroatoms. The maximum absolute atomic E-state index is 13.0. The van der Waals surface area contributed by atoms with Crippen LogP contribution in [0.4, 0.5) is 0 Å². The number of carbonyl (C=O) groups is 1. The van der Waals surface area contributed by atoms with Gasteiger partial charge in [0.2, 0.25) is 0 Å². The van der Waals surface area contributed by atoms with Crippen molar-refractivity contribution in [2.24, 2.45) is 5.92 Å². The van der Waals surface area contributed by atoms with Crippen molar-refractivity contribution in [2.75, 3.05) is 0 Å². The monoisotopic (exact) mass is 378 g/mol. The quantitative estimate of drug-likeness (QED) is 0.571. The van der Waals surface area contributed by atoms with E-state index in [0.29, 0.717) is 17.7 Å². The van der Waals surface area contributed by atoms with E-state index in [1.165, 1.54) is 11.6 Å². The average molecular weight is 378 g/mol. The molecule has 0 spiro atoms. The third-order valence-electron chi connectivity index (χ3n) is 6.08. The fourth-order valence-corrected chi connectivity index (χ4v) is 4.57. The van der Waals surface area contributed by atoms with Crippen LogP contribution in [0.15, 0.2) is 48.0 Å². The van der Waals surface area contributed by atoms with Crippen LogP contribution >= 0.6 is 0 Å². The van der Waals surface area contributed by atoms with Crippen LogP contribution in [0.1, 0.15) is 60.5 Å². The first-order chi connectivity index (χ1) is 13.5. The summed E-state index contributed by atoms with van der Waals surface area (Å²) in [5, 5.41) is 21.1. The van der Waals surface area contributed by atoms with Crippen LogP contribution in [0.5, 0.6) is 17.2 Å². The van der Waals surface area contributed by atoms with E-state index in [0.717, 1.165) is 18.4 Å². The van der Waals surface area contributed by atoms with E-state index in [2.05, 4.69) is 13.0 Å². The zero-order valence-corrected chi connectivity index (χ0v) is 16.3. The summed E-state index contributed by atoms with van der Waals surface area (Å²) in [4.78, 5) is 13.0. The van der Waals surface area contributed by atoms with E-state index in [1.54, 1.807) is 0 Å². The molecule has 2 aliphatic rings. The minimum Gasteiger partial charge on any atom is -0.507 e. The molecule has 0 fully saturated rings. The van der Waals surface area contributed by atoms with Gasteiger partial charge in [0.05, 0.1) is 6.10 Å².